The molecule has 100 valence electrons. The minimum atomic E-state index is 0.142. The van der Waals surface area contributed by atoms with Crippen molar-refractivity contribution in [1.29, 1.82) is 0 Å². The summed E-state index contributed by atoms with van der Waals surface area (Å²) < 4.78 is 6.11. The number of ether oxygens (including phenoxy) is 1. The minimum absolute atomic E-state index is 0.142. The summed E-state index contributed by atoms with van der Waals surface area (Å²) in [5.74, 6) is 0.906. The van der Waals surface area contributed by atoms with Crippen LogP contribution in [0.15, 0.2) is 0 Å². The van der Waals surface area contributed by atoms with Gasteiger partial charge in [-0.3, -0.25) is 0 Å². The van der Waals surface area contributed by atoms with Crippen LogP contribution >= 0.6 is 0 Å². The molecule has 3 unspecified atom stereocenters. The first kappa shape index (κ1) is 13.4. The lowest BCUT2D eigenvalue weighted by atomic mass is 9.97. The molecule has 2 rings (SSSR count). The molecule has 3 atom stereocenters. The van der Waals surface area contributed by atoms with E-state index in [1.54, 1.807) is 0 Å². The maximum absolute atomic E-state index is 6.11. The third kappa shape index (κ3) is 3.96. The molecule has 1 heterocycles. The molecule has 1 aliphatic carbocycles. The van der Waals surface area contributed by atoms with Crippen LogP contribution in [0.2, 0.25) is 0 Å². The van der Waals surface area contributed by atoms with Crippen LogP contribution in [0.4, 0.5) is 0 Å². The molecular formula is C15H29NO. The second-order valence-corrected chi connectivity index (χ2v) is 6.60. The molecule has 0 aromatic rings. The van der Waals surface area contributed by atoms with Crippen LogP contribution in [-0.2, 0) is 4.74 Å². The van der Waals surface area contributed by atoms with Gasteiger partial charge in [0.05, 0.1) is 11.7 Å². The van der Waals surface area contributed by atoms with Gasteiger partial charge in [0.15, 0.2) is 0 Å². The maximum Gasteiger partial charge on any atom is 0.0631 e. The maximum atomic E-state index is 6.11. The Kier molecular flexibility index (Phi) is 4.48. The molecule has 0 aromatic carbocycles. The van der Waals surface area contributed by atoms with E-state index in [-0.39, 0.29) is 5.60 Å². The quantitative estimate of drug-likeness (QED) is 0.793. The van der Waals surface area contributed by atoms with Gasteiger partial charge in [0.2, 0.25) is 0 Å². The monoisotopic (exact) mass is 239 g/mol. The highest BCUT2D eigenvalue weighted by Gasteiger charge is 2.34. The molecule has 2 heteroatoms. The zero-order chi connectivity index (χ0) is 12.3. The van der Waals surface area contributed by atoms with Crippen molar-refractivity contribution in [1.82, 2.24) is 5.32 Å². The summed E-state index contributed by atoms with van der Waals surface area (Å²) >= 11 is 0. The molecule has 1 aliphatic heterocycles. The first-order valence-corrected chi connectivity index (χ1v) is 7.50. The molecule has 2 nitrogen and oxygen atoms in total. The molecule has 0 radical (unpaired) electrons. The van der Waals surface area contributed by atoms with E-state index < -0.39 is 0 Å². The number of hydrogen-bond acceptors (Lipinski definition) is 2. The van der Waals surface area contributed by atoms with Crippen molar-refractivity contribution in [3.63, 3.8) is 0 Å². The zero-order valence-electron chi connectivity index (χ0n) is 11.8. The Morgan fingerprint density at radius 3 is 2.71 bits per heavy atom. The Labute approximate surface area is 107 Å². The van der Waals surface area contributed by atoms with E-state index in [2.05, 4.69) is 26.1 Å². The third-order valence-corrected chi connectivity index (χ3v) is 4.37. The summed E-state index contributed by atoms with van der Waals surface area (Å²) in [5.41, 5.74) is 0.142. The van der Waals surface area contributed by atoms with Crippen LogP contribution in [0.1, 0.15) is 65.7 Å². The first-order chi connectivity index (χ1) is 8.09. The van der Waals surface area contributed by atoms with Gasteiger partial charge in [-0.2, -0.15) is 0 Å². The van der Waals surface area contributed by atoms with Crippen molar-refractivity contribution in [2.45, 2.75) is 83.5 Å². The van der Waals surface area contributed by atoms with E-state index in [9.17, 15) is 0 Å². The van der Waals surface area contributed by atoms with E-state index in [1.807, 2.05) is 0 Å². The van der Waals surface area contributed by atoms with E-state index in [1.165, 1.54) is 51.5 Å². The van der Waals surface area contributed by atoms with Gasteiger partial charge in [-0.1, -0.05) is 6.92 Å². The summed E-state index contributed by atoms with van der Waals surface area (Å²) in [6, 6.07) is 0.786. The number of hydrogen-bond donors (Lipinski definition) is 1. The van der Waals surface area contributed by atoms with Gasteiger partial charge >= 0.3 is 0 Å². The van der Waals surface area contributed by atoms with Crippen molar-refractivity contribution < 1.29 is 4.74 Å². The fraction of sp³-hybridized carbons (Fsp3) is 1.00. The summed E-state index contributed by atoms with van der Waals surface area (Å²) in [5, 5.41) is 3.66. The smallest absolute Gasteiger partial charge is 0.0631 e. The summed E-state index contributed by atoms with van der Waals surface area (Å²) in [6.45, 7) is 7.89. The van der Waals surface area contributed by atoms with E-state index >= 15 is 0 Å². The van der Waals surface area contributed by atoms with Crippen molar-refractivity contribution in [3.05, 3.63) is 0 Å². The van der Waals surface area contributed by atoms with Crippen LogP contribution < -0.4 is 5.32 Å². The average Bonchev–Trinajstić information content (AvgIpc) is 2.83. The largest absolute Gasteiger partial charge is 0.372 e. The Morgan fingerprint density at radius 1 is 1.24 bits per heavy atom. The standard InChI is InChI=1S/C15H29NO/c1-4-9-16-13-6-5-12(10-13)11-14-7-8-15(2,3)17-14/h12-14,16H,4-11H2,1-3H3. The SMILES string of the molecule is CCCNC1CCC(CC2CCC(C)(C)O2)C1. The zero-order valence-corrected chi connectivity index (χ0v) is 11.8. The fourth-order valence-electron chi connectivity index (χ4n) is 3.44. The van der Waals surface area contributed by atoms with Gasteiger partial charge in [0.1, 0.15) is 0 Å². The lowest BCUT2D eigenvalue weighted by Crippen LogP contribution is -2.27. The van der Waals surface area contributed by atoms with Crippen molar-refractivity contribution in [2.24, 2.45) is 5.92 Å². The molecule has 0 amide bonds. The van der Waals surface area contributed by atoms with Crippen molar-refractivity contribution >= 4 is 0 Å². The van der Waals surface area contributed by atoms with Crippen LogP contribution in [0, 0.1) is 5.92 Å². The molecule has 1 N–H and O–H groups in total. The van der Waals surface area contributed by atoms with Gasteiger partial charge in [-0.15, -0.1) is 0 Å². The second-order valence-electron chi connectivity index (χ2n) is 6.60. The number of nitrogens with one attached hydrogen (secondary N) is 1. The van der Waals surface area contributed by atoms with Gasteiger partial charge in [-0.05, 0) is 71.3 Å². The molecule has 2 fully saturated rings. The lowest BCUT2D eigenvalue weighted by Gasteiger charge is -2.21. The Balaban J connectivity index is 1.68. The van der Waals surface area contributed by atoms with E-state index in [0.717, 1.165) is 12.0 Å². The predicted molar refractivity (Wildman–Crippen MR) is 72.2 cm³/mol. The molecule has 2 aliphatic rings. The molecular weight excluding hydrogens is 210 g/mol. The fourth-order valence-corrected chi connectivity index (χ4v) is 3.44. The molecule has 1 saturated carbocycles. The van der Waals surface area contributed by atoms with Gasteiger partial charge in [0, 0.05) is 6.04 Å². The minimum Gasteiger partial charge on any atom is -0.372 e. The second kappa shape index (κ2) is 5.71. The van der Waals surface area contributed by atoms with Gasteiger partial charge in [0.25, 0.3) is 0 Å². The van der Waals surface area contributed by atoms with E-state index in [0.29, 0.717) is 6.10 Å². The summed E-state index contributed by atoms with van der Waals surface area (Å²) in [4.78, 5) is 0. The summed E-state index contributed by atoms with van der Waals surface area (Å²) in [7, 11) is 0. The number of rotatable bonds is 5. The Hall–Kier alpha value is -0.0800. The van der Waals surface area contributed by atoms with Crippen LogP contribution in [0.3, 0.4) is 0 Å². The average molecular weight is 239 g/mol. The normalized spacial score (nSPS) is 36.5. The highest BCUT2D eigenvalue weighted by Crippen LogP contribution is 2.37. The molecule has 0 spiro atoms. The Morgan fingerprint density at radius 2 is 2.06 bits per heavy atom. The van der Waals surface area contributed by atoms with E-state index in [4.69, 9.17) is 4.74 Å². The van der Waals surface area contributed by atoms with Gasteiger partial charge in [-0.25, -0.2) is 0 Å². The van der Waals surface area contributed by atoms with Crippen molar-refractivity contribution in [2.75, 3.05) is 6.54 Å². The predicted octanol–water partition coefficient (Wildman–Crippen LogP) is 3.50. The van der Waals surface area contributed by atoms with Crippen molar-refractivity contribution in [3.8, 4) is 0 Å². The first-order valence-electron chi connectivity index (χ1n) is 7.50. The molecule has 1 saturated heterocycles. The van der Waals surface area contributed by atoms with Crippen LogP contribution in [-0.4, -0.2) is 24.3 Å². The molecule has 0 bridgehead atoms. The summed E-state index contributed by atoms with van der Waals surface area (Å²) in [6.07, 6.45) is 9.76. The topological polar surface area (TPSA) is 21.3 Å². The van der Waals surface area contributed by atoms with Crippen LogP contribution in [0.5, 0.6) is 0 Å². The van der Waals surface area contributed by atoms with Gasteiger partial charge < -0.3 is 10.1 Å². The molecule has 17 heavy (non-hydrogen) atoms. The highest BCUT2D eigenvalue weighted by atomic mass is 16.5. The lowest BCUT2D eigenvalue weighted by molar-refractivity contribution is -0.0242. The van der Waals surface area contributed by atoms with Crippen LogP contribution in [0.25, 0.3) is 0 Å². The molecule has 0 aromatic heterocycles. The Bertz CT molecular complexity index is 239. The highest BCUT2D eigenvalue weighted by molar-refractivity contribution is 4.86. The third-order valence-electron chi connectivity index (χ3n) is 4.37.